The zero-order chi connectivity index (χ0) is 24.8. The van der Waals surface area contributed by atoms with E-state index < -0.39 is 0 Å². The molecule has 11 heteroatoms. The highest BCUT2D eigenvalue weighted by Crippen LogP contribution is 2.32. The van der Waals surface area contributed by atoms with Crippen LogP contribution in [0, 0.1) is 0 Å². The third-order valence-electron chi connectivity index (χ3n) is 7.67. The Morgan fingerprint density at radius 1 is 1.17 bits per heavy atom. The van der Waals surface area contributed by atoms with Crippen LogP contribution in [0.1, 0.15) is 50.1 Å². The van der Waals surface area contributed by atoms with Crippen molar-refractivity contribution in [1.29, 1.82) is 0 Å². The molecule has 1 amide bonds. The second kappa shape index (κ2) is 9.21. The highest BCUT2D eigenvalue weighted by molar-refractivity contribution is 5.94. The van der Waals surface area contributed by atoms with Gasteiger partial charge in [0, 0.05) is 26.4 Å². The van der Waals surface area contributed by atoms with Crippen LogP contribution in [0.15, 0.2) is 29.5 Å². The van der Waals surface area contributed by atoms with E-state index in [0.29, 0.717) is 35.0 Å². The molecule has 2 fully saturated rings. The van der Waals surface area contributed by atoms with E-state index in [1.54, 1.807) is 20.2 Å². The minimum Gasteiger partial charge on any atom is -0.386 e. The van der Waals surface area contributed by atoms with Crippen LogP contribution in [-0.2, 0) is 16.1 Å². The van der Waals surface area contributed by atoms with Crippen LogP contribution >= 0.6 is 0 Å². The SMILES string of the molecule is CNc1cc2nc3c1ncn3C(=O)N[C@@H]1CC[C@H]1OCc1cc(c(=O)n([C@H]3CCCC[C@H]3OC)c1)N2. The number of imidazole rings is 1. The van der Waals surface area contributed by atoms with E-state index in [1.807, 2.05) is 16.8 Å². The largest absolute Gasteiger partial charge is 0.386 e. The number of anilines is 3. The van der Waals surface area contributed by atoms with E-state index in [9.17, 15) is 9.59 Å². The van der Waals surface area contributed by atoms with E-state index in [0.717, 1.165) is 44.1 Å². The van der Waals surface area contributed by atoms with Gasteiger partial charge < -0.3 is 30.0 Å². The predicted octanol–water partition coefficient (Wildman–Crippen LogP) is 3.13. The fourth-order valence-corrected chi connectivity index (χ4v) is 5.54. The first-order valence-corrected chi connectivity index (χ1v) is 12.6. The highest BCUT2D eigenvalue weighted by atomic mass is 16.5. The number of rotatable bonds is 3. The Labute approximate surface area is 208 Å². The van der Waals surface area contributed by atoms with Gasteiger partial charge in [0.2, 0.25) is 0 Å². The molecule has 3 aromatic heterocycles. The van der Waals surface area contributed by atoms with Gasteiger partial charge in [0.05, 0.1) is 36.6 Å². The monoisotopic (exact) mass is 493 g/mol. The zero-order valence-electron chi connectivity index (χ0n) is 20.5. The van der Waals surface area contributed by atoms with Gasteiger partial charge in [-0.2, -0.15) is 0 Å². The van der Waals surface area contributed by atoms with Crippen molar-refractivity contribution in [3.63, 3.8) is 0 Å². The van der Waals surface area contributed by atoms with E-state index in [2.05, 4.69) is 25.9 Å². The average molecular weight is 494 g/mol. The molecule has 3 N–H and O–H groups in total. The molecule has 0 saturated heterocycles. The summed E-state index contributed by atoms with van der Waals surface area (Å²) in [5.41, 5.74) is 2.83. The summed E-state index contributed by atoms with van der Waals surface area (Å²) < 4.78 is 15.2. The molecule has 2 saturated carbocycles. The van der Waals surface area contributed by atoms with Gasteiger partial charge in [-0.15, -0.1) is 0 Å². The summed E-state index contributed by atoms with van der Waals surface area (Å²) >= 11 is 0. The molecular formula is C25H31N7O4. The molecule has 0 spiro atoms. The van der Waals surface area contributed by atoms with Crippen molar-refractivity contribution in [2.75, 3.05) is 24.8 Å². The van der Waals surface area contributed by atoms with Gasteiger partial charge in [0.25, 0.3) is 5.56 Å². The summed E-state index contributed by atoms with van der Waals surface area (Å²) in [7, 11) is 3.50. The molecule has 3 aliphatic rings. The Morgan fingerprint density at radius 3 is 2.81 bits per heavy atom. The van der Waals surface area contributed by atoms with Crippen molar-refractivity contribution in [1.82, 2.24) is 24.4 Å². The molecule has 1 aliphatic heterocycles. The van der Waals surface area contributed by atoms with Crippen LogP contribution < -0.4 is 21.5 Å². The fraction of sp³-hybridized carbons (Fsp3) is 0.520. The molecule has 6 rings (SSSR count). The van der Waals surface area contributed by atoms with Gasteiger partial charge in [0.1, 0.15) is 23.3 Å². The quantitative estimate of drug-likeness (QED) is 0.508. The lowest BCUT2D eigenvalue weighted by molar-refractivity contribution is -0.0327. The third-order valence-corrected chi connectivity index (χ3v) is 7.67. The standard InChI is InChI=1S/C25H31N7O4/c1-26-16-10-21-28-17-9-14(11-31(24(17)33)18-5-3-4-6-20(18)35-2)12-36-19-8-7-15(19)29-25(34)32-13-27-22(16)23(32)30-21/h9-11,13,15,18-20H,3-8,12H2,1-2H3,(H,29,34)(H2,26,28,30)/t15-,18+,19-,20-/m1/s1. The summed E-state index contributed by atoms with van der Waals surface area (Å²) in [4.78, 5) is 35.9. The summed E-state index contributed by atoms with van der Waals surface area (Å²) in [6.45, 7) is 0.334. The van der Waals surface area contributed by atoms with Gasteiger partial charge >= 0.3 is 6.03 Å². The Bertz CT molecular complexity index is 1370. The zero-order valence-corrected chi connectivity index (χ0v) is 20.5. The predicted molar refractivity (Wildman–Crippen MR) is 135 cm³/mol. The second-order valence-corrected chi connectivity index (χ2v) is 9.80. The molecule has 11 nitrogen and oxygen atoms in total. The van der Waals surface area contributed by atoms with Crippen LogP contribution in [0.2, 0.25) is 0 Å². The molecular weight excluding hydrogens is 462 g/mol. The number of carbonyl (C=O) groups is 1. The normalized spacial score (nSPS) is 25.9. The number of amides is 1. The summed E-state index contributed by atoms with van der Waals surface area (Å²) in [5.74, 6) is 0.439. The number of ether oxygens (including phenoxy) is 2. The van der Waals surface area contributed by atoms with E-state index in [1.165, 1.54) is 10.9 Å². The Hall–Kier alpha value is -3.44. The smallest absolute Gasteiger partial charge is 0.328 e. The Kier molecular flexibility index (Phi) is 5.88. The molecule has 4 atom stereocenters. The maximum atomic E-state index is 13.7. The maximum Gasteiger partial charge on any atom is 0.328 e. The first-order valence-electron chi connectivity index (χ1n) is 12.6. The molecule has 2 aliphatic carbocycles. The van der Waals surface area contributed by atoms with E-state index in [4.69, 9.17) is 9.47 Å². The fourth-order valence-electron chi connectivity index (χ4n) is 5.54. The molecule has 0 aromatic carbocycles. The molecule has 0 radical (unpaired) electrons. The number of carbonyl (C=O) groups excluding carboxylic acids is 1. The number of fused-ring (bicyclic) bond motifs is 4. The lowest BCUT2D eigenvalue weighted by Crippen LogP contribution is -2.52. The minimum atomic E-state index is -0.302. The van der Waals surface area contributed by atoms with Gasteiger partial charge in [-0.05, 0) is 37.3 Å². The number of methoxy groups -OCH3 is 1. The molecule has 190 valence electrons. The molecule has 0 unspecified atom stereocenters. The summed E-state index contributed by atoms with van der Waals surface area (Å²) in [5, 5.41) is 9.41. The van der Waals surface area contributed by atoms with Gasteiger partial charge in [-0.25, -0.2) is 19.3 Å². The number of pyridine rings is 2. The second-order valence-electron chi connectivity index (χ2n) is 9.80. The molecule has 4 heterocycles. The van der Waals surface area contributed by atoms with Crippen LogP contribution in [0.3, 0.4) is 0 Å². The van der Waals surface area contributed by atoms with Crippen molar-refractivity contribution in [3.05, 3.63) is 40.6 Å². The van der Waals surface area contributed by atoms with Crippen LogP contribution in [-0.4, -0.2) is 57.5 Å². The number of nitrogens with zero attached hydrogens (tertiary/aromatic N) is 4. The Morgan fingerprint density at radius 2 is 2.03 bits per heavy atom. The van der Waals surface area contributed by atoms with Gasteiger partial charge in [0.15, 0.2) is 5.65 Å². The minimum absolute atomic E-state index is 0.0167. The van der Waals surface area contributed by atoms with E-state index >= 15 is 0 Å². The summed E-state index contributed by atoms with van der Waals surface area (Å²) in [6.07, 6.45) is 8.92. The number of nitrogens with one attached hydrogen (secondary N) is 3. The molecule has 3 aromatic rings. The van der Waals surface area contributed by atoms with Crippen molar-refractivity contribution >= 4 is 34.4 Å². The van der Waals surface area contributed by atoms with Crippen molar-refractivity contribution in [3.8, 4) is 0 Å². The average Bonchev–Trinajstić information content (AvgIpc) is 3.31. The topological polar surface area (TPSA) is 124 Å². The number of hydrogen-bond acceptors (Lipinski definition) is 8. The third kappa shape index (κ3) is 3.92. The van der Waals surface area contributed by atoms with E-state index in [-0.39, 0.29) is 35.9 Å². The summed E-state index contributed by atoms with van der Waals surface area (Å²) in [6, 6.07) is 3.18. The highest BCUT2D eigenvalue weighted by Gasteiger charge is 2.34. The van der Waals surface area contributed by atoms with Crippen LogP contribution in [0.5, 0.6) is 0 Å². The molecule has 36 heavy (non-hydrogen) atoms. The first kappa shape index (κ1) is 23.0. The lowest BCUT2D eigenvalue weighted by Gasteiger charge is -2.37. The number of hydrogen-bond donors (Lipinski definition) is 3. The Balaban J connectivity index is 1.49. The van der Waals surface area contributed by atoms with Crippen LogP contribution in [0.4, 0.5) is 22.0 Å². The lowest BCUT2D eigenvalue weighted by atomic mass is 9.89. The van der Waals surface area contributed by atoms with Crippen LogP contribution in [0.25, 0.3) is 11.2 Å². The van der Waals surface area contributed by atoms with Crippen molar-refractivity contribution in [2.45, 2.75) is 69.4 Å². The van der Waals surface area contributed by atoms with Crippen molar-refractivity contribution < 1.29 is 14.3 Å². The molecule has 4 bridgehead atoms. The maximum absolute atomic E-state index is 13.7. The number of aromatic nitrogens is 4. The van der Waals surface area contributed by atoms with Gasteiger partial charge in [-0.3, -0.25) is 4.79 Å². The van der Waals surface area contributed by atoms with Crippen molar-refractivity contribution in [2.24, 2.45) is 0 Å². The van der Waals surface area contributed by atoms with Gasteiger partial charge in [-0.1, -0.05) is 12.8 Å². The first-order chi connectivity index (χ1) is 17.6.